The van der Waals surface area contributed by atoms with E-state index in [2.05, 4.69) is 72.5 Å². The number of halogens is 1. The van der Waals surface area contributed by atoms with E-state index in [9.17, 15) is 0 Å². The zero-order valence-electron chi connectivity index (χ0n) is 13.3. The number of piperidine rings is 1. The molecule has 2 unspecified atom stereocenters. The largest absolute Gasteiger partial charge is 0.296 e. The Morgan fingerprint density at radius 1 is 1.00 bits per heavy atom. The molecule has 2 aromatic rings. The summed E-state index contributed by atoms with van der Waals surface area (Å²) in [7, 11) is 0. The van der Waals surface area contributed by atoms with Crippen LogP contribution in [0.2, 0.25) is 0 Å². The summed E-state index contributed by atoms with van der Waals surface area (Å²) in [6.07, 6.45) is 3.82. The fraction of sp³-hybridized carbons (Fsp3) is 0.400. The lowest BCUT2D eigenvalue weighted by Gasteiger charge is -2.37. The van der Waals surface area contributed by atoms with E-state index >= 15 is 0 Å². The highest BCUT2D eigenvalue weighted by molar-refractivity contribution is 5.85. The molecule has 118 valence electrons. The van der Waals surface area contributed by atoms with Crippen LogP contribution in [0.1, 0.15) is 36.9 Å². The normalized spacial score (nSPS) is 20.1. The minimum Gasteiger partial charge on any atom is -0.296 e. The van der Waals surface area contributed by atoms with Crippen LogP contribution >= 0.6 is 12.4 Å². The zero-order chi connectivity index (χ0) is 14.5. The van der Waals surface area contributed by atoms with Crippen molar-refractivity contribution in [2.75, 3.05) is 13.1 Å². The Balaban J connectivity index is 0.00000176. The quantitative estimate of drug-likeness (QED) is 0.756. The third kappa shape index (κ3) is 4.34. The van der Waals surface area contributed by atoms with Gasteiger partial charge in [-0.25, -0.2) is 0 Å². The van der Waals surface area contributed by atoms with Gasteiger partial charge in [0.25, 0.3) is 0 Å². The Labute approximate surface area is 140 Å². The molecule has 2 heteroatoms. The molecule has 22 heavy (non-hydrogen) atoms. The number of rotatable bonds is 4. The van der Waals surface area contributed by atoms with E-state index in [4.69, 9.17) is 0 Å². The van der Waals surface area contributed by atoms with E-state index in [0.717, 1.165) is 12.3 Å². The lowest BCUT2D eigenvalue weighted by Crippen LogP contribution is -2.38. The number of likely N-dealkylation sites (tertiary alicyclic amines) is 1. The fourth-order valence-corrected chi connectivity index (χ4v) is 3.48. The number of hydrogen-bond donors (Lipinski definition) is 0. The highest BCUT2D eigenvalue weighted by Crippen LogP contribution is 2.29. The highest BCUT2D eigenvalue weighted by Gasteiger charge is 2.25. The summed E-state index contributed by atoms with van der Waals surface area (Å²) >= 11 is 0. The van der Waals surface area contributed by atoms with E-state index in [1.54, 1.807) is 0 Å². The molecule has 1 fully saturated rings. The predicted molar refractivity (Wildman–Crippen MR) is 96.5 cm³/mol. The van der Waals surface area contributed by atoms with Crippen molar-refractivity contribution < 1.29 is 0 Å². The second-order valence-corrected chi connectivity index (χ2v) is 6.36. The summed E-state index contributed by atoms with van der Waals surface area (Å²) in [5.41, 5.74) is 2.89. The SMILES string of the molecule is CC1CCCN(C(Cc2ccccc2)c2ccccc2)C1.Cl. The maximum atomic E-state index is 2.69. The molecule has 0 amide bonds. The summed E-state index contributed by atoms with van der Waals surface area (Å²) in [4.78, 5) is 2.69. The smallest absolute Gasteiger partial charge is 0.0388 e. The number of nitrogens with zero attached hydrogens (tertiary/aromatic N) is 1. The minimum absolute atomic E-state index is 0. The van der Waals surface area contributed by atoms with Gasteiger partial charge in [0.1, 0.15) is 0 Å². The lowest BCUT2D eigenvalue weighted by molar-refractivity contribution is 0.129. The van der Waals surface area contributed by atoms with Crippen LogP contribution in [-0.2, 0) is 6.42 Å². The van der Waals surface area contributed by atoms with E-state index in [0.29, 0.717) is 6.04 Å². The Bertz CT molecular complexity index is 540. The average molecular weight is 316 g/mol. The molecule has 1 aliphatic rings. The fourth-order valence-electron chi connectivity index (χ4n) is 3.48. The van der Waals surface area contributed by atoms with Gasteiger partial charge in [-0.15, -0.1) is 12.4 Å². The molecule has 0 bridgehead atoms. The average Bonchev–Trinajstić information content (AvgIpc) is 2.54. The molecule has 1 saturated heterocycles. The molecule has 0 N–H and O–H groups in total. The Morgan fingerprint density at radius 2 is 1.64 bits per heavy atom. The third-order valence-electron chi connectivity index (χ3n) is 4.59. The Kier molecular flexibility index (Phi) is 6.48. The van der Waals surface area contributed by atoms with Crippen molar-refractivity contribution in [1.82, 2.24) is 4.90 Å². The molecule has 0 spiro atoms. The van der Waals surface area contributed by atoms with Gasteiger partial charge in [-0.1, -0.05) is 67.6 Å². The van der Waals surface area contributed by atoms with Crippen LogP contribution in [0.4, 0.5) is 0 Å². The molecule has 0 radical (unpaired) electrons. The van der Waals surface area contributed by atoms with Crippen LogP contribution in [0.3, 0.4) is 0 Å². The van der Waals surface area contributed by atoms with Crippen molar-refractivity contribution in [3.8, 4) is 0 Å². The van der Waals surface area contributed by atoms with E-state index in [-0.39, 0.29) is 12.4 Å². The summed E-state index contributed by atoms with van der Waals surface area (Å²) < 4.78 is 0. The van der Waals surface area contributed by atoms with Crippen LogP contribution in [0.25, 0.3) is 0 Å². The maximum Gasteiger partial charge on any atom is 0.0388 e. The monoisotopic (exact) mass is 315 g/mol. The second-order valence-electron chi connectivity index (χ2n) is 6.36. The number of hydrogen-bond acceptors (Lipinski definition) is 1. The summed E-state index contributed by atoms with van der Waals surface area (Å²) in [6, 6.07) is 22.4. The van der Waals surface area contributed by atoms with E-state index < -0.39 is 0 Å². The van der Waals surface area contributed by atoms with Crippen molar-refractivity contribution in [2.45, 2.75) is 32.2 Å². The molecular formula is C20H26ClN. The van der Waals surface area contributed by atoms with Crippen molar-refractivity contribution in [3.63, 3.8) is 0 Å². The van der Waals surface area contributed by atoms with Crippen molar-refractivity contribution in [2.24, 2.45) is 5.92 Å². The Hall–Kier alpha value is -1.31. The summed E-state index contributed by atoms with van der Waals surface area (Å²) in [5.74, 6) is 0.820. The first-order valence-electron chi connectivity index (χ1n) is 8.16. The minimum atomic E-state index is 0. The van der Waals surface area contributed by atoms with Crippen LogP contribution in [0.5, 0.6) is 0 Å². The topological polar surface area (TPSA) is 3.24 Å². The van der Waals surface area contributed by atoms with E-state index in [1.165, 1.54) is 37.1 Å². The summed E-state index contributed by atoms with van der Waals surface area (Å²) in [5, 5.41) is 0. The summed E-state index contributed by atoms with van der Waals surface area (Å²) in [6.45, 7) is 4.85. The molecule has 0 saturated carbocycles. The molecule has 3 rings (SSSR count). The van der Waals surface area contributed by atoms with Crippen LogP contribution in [0.15, 0.2) is 60.7 Å². The van der Waals surface area contributed by atoms with Crippen molar-refractivity contribution >= 4 is 12.4 Å². The molecule has 0 aromatic heterocycles. The number of benzene rings is 2. The zero-order valence-corrected chi connectivity index (χ0v) is 14.1. The van der Waals surface area contributed by atoms with Gasteiger partial charge >= 0.3 is 0 Å². The molecule has 0 aliphatic carbocycles. The predicted octanol–water partition coefficient (Wildman–Crippen LogP) is 5.12. The van der Waals surface area contributed by atoms with Crippen molar-refractivity contribution in [3.05, 3.63) is 71.8 Å². The van der Waals surface area contributed by atoms with E-state index in [1.807, 2.05) is 0 Å². The molecule has 2 atom stereocenters. The van der Waals surface area contributed by atoms with Gasteiger partial charge in [0.15, 0.2) is 0 Å². The molecular weight excluding hydrogens is 290 g/mol. The first-order valence-corrected chi connectivity index (χ1v) is 8.16. The van der Waals surface area contributed by atoms with Crippen LogP contribution in [-0.4, -0.2) is 18.0 Å². The standard InChI is InChI=1S/C20H25N.ClH/c1-17-9-8-14-21(16-17)20(19-12-6-3-7-13-19)15-18-10-4-2-5-11-18;/h2-7,10-13,17,20H,8-9,14-16H2,1H3;1H. The first kappa shape index (κ1) is 17.1. The van der Waals surface area contributed by atoms with Gasteiger partial charge in [-0.05, 0) is 42.9 Å². The maximum absolute atomic E-state index is 2.69. The molecule has 2 aromatic carbocycles. The van der Waals surface area contributed by atoms with Crippen LogP contribution < -0.4 is 0 Å². The molecule has 1 nitrogen and oxygen atoms in total. The van der Waals surface area contributed by atoms with Crippen molar-refractivity contribution in [1.29, 1.82) is 0 Å². The van der Waals surface area contributed by atoms with Crippen LogP contribution in [0, 0.1) is 5.92 Å². The van der Waals surface area contributed by atoms with Gasteiger partial charge in [-0.3, -0.25) is 4.90 Å². The first-order chi connectivity index (χ1) is 10.3. The van der Waals surface area contributed by atoms with Gasteiger partial charge < -0.3 is 0 Å². The highest BCUT2D eigenvalue weighted by atomic mass is 35.5. The van der Waals surface area contributed by atoms with Gasteiger partial charge in [0, 0.05) is 12.6 Å². The second kappa shape index (κ2) is 8.36. The van der Waals surface area contributed by atoms with Gasteiger partial charge in [-0.2, -0.15) is 0 Å². The molecule has 1 aliphatic heterocycles. The Morgan fingerprint density at radius 3 is 2.27 bits per heavy atom. The third-order valence-corrected chi connectivity index (χ3v) is 4.59. The van der Waals surface area contributed by atoms with Gasteiger partial charge in [0.05, 0.1) is 0 Å². The lowest BCUT2D eigenvalue weighted by atomic mass is 9.92. The molecule has 1 heterocycles. The van der Waals surface area contributed by atoms with Gasteiger partial charge in [0.2, 0.25) is 0 Å².